The zero-order valence-corrected chi connectivity index (χ0v) is 14.2. The van der Waals surface area contributed by atoms with E-state index in [1.54, 1.807) is 13.2 Å². The summed E-state index contributed by atoms with van der Waals surface area (Å²) in [6.45, 7) is 1.67. The highest BCUT2D eigenvalue weighted by molar-refractivity contribution is 5.66. The molecule has 25 heavy (non-hydrogen) atoms. The molecule has 2 atom stereocenters. The highest BCUT2D eigenvalue weighted by atomic mass is 16.5. The fraction of sp³-hybridized carbons (Fsp3) is 0.300. The van der Waals surface area contributed by atoms with Crippen molar-refractivity contribution in [2.45, 2.75) is 32.0 Å². The van der Waals surface area contributed by atoms with Crippen molar-refractivity contribution in [1.82, 2.24) is 0 Å². The van der Waals surface area contributed by atoms with Gasteiger partial charge in [-0.2, -0.15) is 5.26 Å². The van der Waals surface area contributed by atoms with Gasteiger partial charge in [-0.15, -0.1) is 0 Å². The molecule has 0 saturated heterocycles. The van der Waals surface area contributed by atoms with Gasteiger partial charge in [-0.25, -0.2) is 0 Å². The van der Waals surface area contributed by atoms with Gasteiger partial charge in [0.25, 0.3) is 0 Å². The van der Waals surface area contributed by atoms with Gasteiger partial charge in [0, 0.05) is 13.3 Å². The van der Waals surface area contributed by atoms with Crippen LogP contribution in [0.5, 0.6) is 11.5 Å². The van der Waals surface area contributed by atoms with E-state index < -0.39 is 18.0 Å². The quantitative estimate of drug-likeness (QED) is 0.786. The largest absolute Gasteiger partial charge is 0.497 e. The van der Waals surface area contributed by atoms with Gasteiger partial charge in [0.15, 0.2) is 0 Å². The van der Waals surface area contributed by atoms with Gasteiger partial charge in [0.05, 0.1) is 13.2 Å². The maximum Gasteiger partial charge on any atom is 0.302 e. The van der Waals surface area contributed by atoms with Crippen LogP contribution in [0.15, 0.2) is 42.5 Å². The monoisotopic (exact) mass is 337 g/mol. The first kappa shape index (κ1) is 16.8. The first-order valence-electron chi connectivity index (χ1n) is 8.06. The molecule has 3 rings (SSSR count). The summed E-state index contributed by atoms with van der Waals surface area (Å²) in [5.74, 6) is 0.431. The number of nitriles is 1. The van der Waals surface area contributed by atoms with E-state index in [9.17, 15) is 10.1 Å². The fourth-order valence-corrected chi connectivity index (χ4v) is 3.12. The molecule has 2 aromatic rings. The van der Waals surface area contributed by atoms with Crippen LogP contribution in [-0.2, 0) is 22.6 Å². The van der Waals surface area contributed by atoms with Crippen LogP contribution >= 0.6 is 0 Å². The first-order valence-corrected chi connectivity index (χ1v) is 8.06. The molecule has 0 radical (unpaired) electrons. The first-order chi connectivity index (χ1) is 12.1. The van der Waals surface area contributed by atoms with Gasteiger partial charge in [-0.1, -0.05) is 24.3 Å². The van der Waals surface area contributed by atoms with Gasteiger partial charge in [-0.3, -0.25) is 4.79 Å². The summed E-state index contributed by atoms with van der Waals surface area (Å²) in [6.07, 6.45) is -0.170. The van der Waals surface area contributed by atoms with E-state index in [4.69, 9.17) is 14.2 Å². The summed E-state index contributed by atoms with van der Waals surface area (Å²) in [5.41, 5.74) is 2.55. The Bertz CT molecular complexity index is 825. The third-order valence-corrected chi connectivity index (χ3v) is 4.29. The van der Waals surface area contributed by atoms with Crippen LogP contribution < -0.4 is 9.47 Å². The fourth-order valence-electron chi connectivity index (χ4n) is 3.12. The van der Waals surface area contributed by atoms with E-state index in [1.807, 2.05) is 36.4 Å². The van der Waals surface area contributed by atoms with Crippen molar-refractivity contribution in [3.05, 3.63) is 59.2 Å². The lowest BCUT2D eigenvalue weighted by Crippen LogP contribution is -2.26. The lowest BCUT2D eigenvalue weighted by atomic mass is 9.88. The molecule has 5 heteroatoms. The van der Waals surface area contributed by atoms with E-state index in [2.05, 4.69) is 6.07 Å². The number of hydrogen-bond acceptors (Lipinski definition) is 5. The summed E-state index contributed by atoms with van der Waals surface area (Å²) in [7, 11) is 1.59. The number of esters is 1. The minimum Gasteiger partial charge on any atom is -0.497 e. The average molecular weight is 337 g/mol. The number of carbonyl (C=O) groups excluding carboxylic acids is 1. The summed E-state index contributed by atoms with van der Waals surface area (Å²) < 4.78 is 16.8. The Hall–Kier alpha value is -3.00. The second kappa shape index (κ2) is 7.27. The molecule has 2 aromatic carbocycles. The maximum atomic E-state index is 11.6. The summed E-state index contributed by atoms with van der Waals surface area (Å²) >= 11 is 0. The molecule has 1 aliphatic rings. The molecule has 0 fully saturated rings. The van der Waals surface area contributed by atoms with E-state index >= 15 is 0 Å². The Morgan fingerprint density at radius 3 is 2.76 bits per heavy atom. The van der Waals surface area contributed by atoms with Gasteiger partial charge >= 0.3 is 5.97 Å². The van der Waals surface area contributed by atoms with Gasteiger partial charge in [-0.05, 0) is 34.9 Å². The van der Waals surface area contributed by atoms with Crippen LogP contribution in [0.3, 0.4) is 0 Å². The molecule has 1 aliphatic heterocycles. The third-order valence-electron chi connectivity index (χ3n) is 4.29. The zero-order chi connectivity index (χ0) is 17.8. The minimum absolute atomic E-state index is 0.314. The molecular formula is C20H19NO4. The van der Waals surface area contributed by atoms with Crippen molar-refractivity contribution in [2.75, 3.05) is 7.11 Å². The molecule has 128 valence electrons. The second-order valence-electron chi connectivity index (χ2n) is 5.92. The van der Waals surface area contributed by atoms with Crippen molar-refractivity contribution in [3.8, 4) is 17.6 Å². The molecule has 0 aromatic heterocycles. The number of fused-ring (bicyclic) bond motifs is 2. The van der Waals surface area contributed by atoms with Gasteiger partial charge < -0.3 is 14.2 Å². The number of rotatable bonds is 2. The van der Waals surface area contributed by atoms with Crippen molar-refractivity contribution < 1.29 is 19.0 Å². The van der Waals surface area contributed by atoms with Crippen molar-refractivity contribution in [1.29, 1.82) is 5.26 Å². The SMILES string of the molecule is COc1ccc2c(c1)COc1ccccc1C[C@@H](OC(C)=O)[C@@H]2C#N. The highest BCUT2D eigenvalue weighted by Gasteiger charge is 2.30. The Labute approximate surface area is 146 Å². The predicted octanol–water partition coefficient (Wildman–Crippen LogP) is 3.37. The topological polar surface area (TPSA) is 68.6 Å². The molecule has 5 nitrogen and oxygen atoms in total. The van der Waals surface area contributed by atoms with Crippen molar-refractivity contribution >= 4 is 5.97 Å². The summed E-state index contributed by atoms with van der Waals surface area (Å²) in [4.78, 5) is 11.6. The molecule has 1 heterocycles. The Morgan fingerprint density at radius 1 is 1.24 bits per heavy atom. The number of methoxy groups -OCH3 is 1. The standard InChI is InChI=1S/C20H19NO4/c1-13(22)25-20-10-14-5-3-4-6-19(14)24-12-15-9-16(23-2)7-8-17(15)18(20)11-21/h3-9,18,20H,10,12H2,1-2H3/t18-,20-/m1/s1. The van der Waals surface area contributed by atoms with Crippen LogP contribution in [0.25, 0.3) is 0 Å². The van der Waals surface area contributed by atoms with E-state index in [0.717, 1.165) is 22.4 Å². The van der Waals surface area contributed by atoms with E-state index in [1.165, 1.54) is 6.92 Å². The number of benzene rings is 2. The second-order valence-corrected chi connectivity index (χ2v) is 5.92. The Balaban J connectivity index is 2.12. The predicted molar refractivity (Wildman–Crippen MR) is 91.4 cm³/mol. The lowest BCUT2D eigenvalue weighted by molar-refractivity contribution is -0.146. The molecule has 0 saturated carbocycles. The lowest BCUT2D eigenvalue weighted by Gasteiger charge is -2.23. The molecule has 0 bridgehead atoms. The van der Waals surface area contributed by atoms with Crippen molar-refractivity contribution in [3.63, 3.8) is 0 Å². The summed E-state index contributed by atoms with van der Waals surface area (Å²) in [6, 6.07) is 15.4. The third kappa shape index (κ3) is 3.58. The zero-order valence-electron chi connectivity index (χ0n) is 14.2. The minimum atomic E-state index is -0.586. The Kier molecular flexibility index (Phi) is 4.90. The number of ether oxygens (including phenoxy) is 3. The van der Waals surface area contributed by atoms with Crippen LogP contribution in [0.2, 0.25) is 0 Å². The summed E-state index contributed by atoms with van der Waals surface area (Å²) in [5, 5.41) is 9.79. The number of para-hydroxylation sites is 1. The molecule has 0 amide bonds. The highest BCUT2D eigenvalue weighted by Crippen LogP contribution is 2.34. The number of carbonyl (C=O) groups is 1. The van der Waals surface area contributed by atoms with Crippen LogP contribution in [0.1, 0.15) is 29.5 Å². The average Bonchev–Trinajstić information content (AvgIpc) is 2.67. The molecule has 0 N–H and O–H groups in total. The molecule has 0 unspecified atom stereocenters. The van der Waals surface area contributed by atoms with E-state index in [0.29, 0.717) is 18.8 Å². The Morgan fingerprint density at radius 2 is 2.04 bits per heavy atom. The van der Waals surface area contributed by atoms with Crippen LogP contribution in [0, 0.1) is 11.3 Å². The molecule has 0 aliphatic carbocycles. The normalized spacial score (nSPS) is 18.9. The van der Waals surface area contributed by atoms with Gasteiger partial charge in [0.1, 0.15) is 30.1 Å². The van der Waals surface area contributed by atoms with Crippen LogP contribution in [0.4, 0.5) is 0 Å². The van der Waals surface area contributed by atoms with Gasteiger partial charge in [0.2, 0.25) is 0 Å². The smallest absolute Gasteiger partial charge is 0.302 e. The number of hydrogen-bond donors (Lipinski definition) is 0. The van der Waals surface area contributed by atoms with Crippen LogP contribution in [-0.4, -0.2) is 19.2 Å². The van der Waals surface area contributed by atoms with E-state index in [-0.39, 0.29) is 0 Å². The number of nitrogens with zero attached hydrogens (tertiary/aromatic N) is 1. The van der Waals surface area contributed by atoms with Crippen molar-refractivity contribution in [2.24, 2.45) is 0 Å². The maximum absolute atomic E-state index is 11.6. The molecule has 0 spiro atoms. The molecular weight excluding hydrogens is 318 g/mol.